The second-order valence-corrected chi connectivity index (χ2v) is 1.53. The number of halogens is 2. The van der Waals surface area contributed by atoms with Crippen LogP contribution in [0.15, 0.2) is 30.3 Å². The monoisotopic (exact) mass is 240 g/mol. The largest absolute Gasteiger partial charge is 2.00 e. The molecule has 0 N–H and O–H groups in total. The van der Waals surface area contributed by atoms with Crippen LogP contribution in [0.5, 0.6) is 0 Å². The van der Waals surface area contributed by atoms with E-state index in [0.717, 1.165) is 11.8 Å². The van der Waals surface area contributed by atoms with E-state index in [1.54, 1.807) is 12.1 Å². The van der Waals surface area contributed by atoms with Gasteiger partial charge < -0.3 is 24.8 Å². The first kappa shape index (κ1) is 17.3. The van der Waals surface area contributed by atoms with Gasteiger partial charge in [0.15, 0.2) is 0 Å². The topological polar surface area (TPSA) is 17.1 Å². The Hall–Kier alpha value is 0.0934. The molecule has 0 radical (unpaired) electrons. The smallest absolute Gasteiger partial charge is 1.00 e. The van der Waals surface area contributed by atoms with Gasteiger partial charge in [-0.25, -0.2) is 0 Å². The zero-order valence-electron chi connectivity index (χ0n) is 5.84. The Morgan fingerprint density at radius 3 is 1.73 bits per heavy atom. The van der Waals surface area contributed by atoms with Crippen LogP contribution in [0.25, 0.3) is 0 Å². The molecule has 0 aromatic heterocycles. The normalized spacial score (nSPS) is 6.18. The summed E-state index contributed by atoms with van der Waals surface area (Å²) in [4.78, 5) is 10.0. The minimum atomic E-state index is 0. The third-order valence-electron chi connectivity index (χ3n) is 0.936. The molecule has 0 aliphatic rings. The van der Waals surface area contributed by atoms with Crippen molar-refractivity contribution in [2.24, 2.45) is 0 Å². The summed E-state index contributed by atoms with van der Waals surface area (Å²) in [6, 6.07) is 9.10. The van der Waals surface area contributed by atoms with Gasteiger partial charge in [-0.3, -0.25) is 4.79 Å². The number of carbonyl (C=O) groups excluding carboxylic acids is 1. The van der Waals surface area contributed by atoms with Gasteiger partial charge in [-0.05, 0) is 0 Å². The van der Waals surface area contributed by atoms with Crippen LogP contribution in [0.4, 0.5) is 0 Å². The summed E-state index contributed by atoms with van der Waals surface area (Å²) < 4.78 is 0. The van der Waals surface area contributed by atoms with Crippen LogP contribution in [0.3, 0.4) is 0 Å². The first-order chi connectivity index (χ1) is 3.93. The summed E-state index contributed by atoms with van der Waals surface area (Å²) in [6.07, 6.45) is 0.833. The number of rotatable bonds is 1. The van der Waals surface area contributed by atoms with Crippen LogP contribution < -0.4 is 24.8 Å². The molecule has 0 spiro atoms. The van der Waals surface area contributed by atoms with Crippen molar-refractivity contribution in [3.63, 3.8) is 0 Å². The summed E-state index contributed by atoms with van der Waals surface area (Å²) in [6.45, 7) is 0. The van der Waals surface area contributed by atoms with Gasteiger partial charge in [-0.2, -0.15) is 0 Å². The number of carbonyl (C=O) groups is 1. The predicted octanol–water partition coefficient (Wildman–Crippen LogP) is -4.50. The maximum Gasteiger partial charge on any atom is 2.00 e. The molecule has 1 nitrogen and oxygen atoms in total. The van der Waals surface area contributed by atoms with Crippen molar-refractivity contribution < 1.29 is 49.1 Å². The van der Waals surface area contributed by atoms with Crippen LogP contribution in [-0.4, -0.2) is 6.29 Å². The molecule has 0 bridgehead atoms. The molecule has 0 amide bonds. The molecule has 0 aliphatic heterocycles. The molecule has 0 saturated heterocycles. The van der Waals surface area contributed by atoms with Crippen LogP contribution in [-0.2, 0) is 19.5 Å². The van der Waals surface area contributed by atoms with E-state index < -0.39 is 0 Å². The Kier molecular flexibility index (Phi) is 15.8. The third-order valence-corrected chi connectivity index (χ3v) is 0.936. The third kappa shape index (κ3) is 6.49. The van der Waals surface area contributed by atoms with Crippen molar-refractivity contribution in [1.29, 1.82) is 0 Å². The first-order valence-corrected chi connectivity index (χ1v) is 2.44. The van der Waals surface area contributed by atoms with Crippen molar-refractivity contribution >= 4 is 6.29 Å². The molecule has 0 unspecified atom stereocenters. The molecule has 1 rings (SSSR count). The molecule has 0 atom stereocenters. The van der Waals surface area contributed by atoms with Gasteiger partial charge in [0.1, 0.15) is 6.29 Å². The zero-order valence-corrected chi connectivity index (χ0v) is 10.3. The summed E-state index contributed by atoms with van der Waals surface area (Å²) in [5, 5.41) is 0. The van der Waals surface area contributed by atoms with Crippen LogP contribution in [0, 0.1) is 0 Å². The van der Waals surface area contributed by atoms with Gasteiger partial charge >= 0.3 is 19.5 Å². The van der Waals surface area contributed by atoms with E-state index >= 15 is 0 Å². The van der Waals surface area contributed by atoms with Crippen LogP contribution in [0.2, 0.25) is 0 Å². The van der Waals surface area contributed by atoms with E-state index in [0.29, 0.717) is 0 Å². The van der Waals surface area contributed by atoms with Crippen molar-refractivity contribution in [2.75, 3.05) is 0 Å². The first-order valence-electron chi connectivity index (χ1n) is 2.44. The van der Waals surface area contributed by atoms with E-state index in [2.05, 4.69) is 0 Å². The van der Waals surface area contributed by atoms with Crippen LogP contribution in [0.1, 0.15) is 10.4 Å². The van der Waals surface area contributed by atoms with Crippen molar-refractivity contribution in [1.82, 2.24) is 0 Å². The molecule has 1 aromatic carbocycles. The Bertz CT molecular complexity index is 179. The second-order valence-electron chi connectivity index (χ2n) is 1.53. The fourth-order valence-corrected chi connectivity index (χ4v) is 0.532. The van der Waals surface area contributed by atoms with E-state index in [9.17, 15) is 4.79 Å². The number of hydrogen-bond donors (Lipinski definition) is 0. The Balaban J connectivity index is -0.000000213. The van der Waals surface area contributed by atoms with Gasteiger partial charge in [0.25, 0.3) is 0 Å². The molecule has 1 aromatic rings. The fourth-order valence-electron chi connectivity index (χ4n) is 0.532. The minimum Gasteiger partial charge on any atom is -1.00 e. The molecule has 4 heteroatoms. The van der Waals surface area contributed by atoms with E-state index in [1.807, 2.05) is 18.2 Å². The molecular formula is C7H6Cl2OZn. The van der Waals surface area contributed by atoms with E-state index in [-0.39, 0.29) is 44.3 Å². The van der Waals surface area contributed by atoms with Crippen molar-refractivity contribution in [3.8, 4) is 0 Å². The maximum absolute atomic E-state index is 10.0. The van der Waals surface area contributed by atoms with Gasteiger partial charge in [-0.15, -0.1) is 0 Å². The fraction of sp³-hybridized carbons (Fsp3) is 0. The number of aldehydes is 1. The molecule has 0 aliphatic carbocycles. The Morgan fingerprint density at radius 2 is 1.45 bits per heavy atom. The van der Waals surface area contributed by atoms with Gasteiger partial charge in [0.05, 0.1) is 0 Å². The Labute approximate surface area is 91.1 Å². The summed E-state index contributed by atoms with van der Waals surface area (Å²) in [7, 11) is 0. The number of benzene rings is 1. The summed E-state index contributed by atoms with van der Waals surface area (Å²) >= 11 is 0. The average Bonchev–Trinajstić information content (AvgIpc) is 1.90. The summed E-state index contributed by atoms with van der Waals surface area (Å²) in [5.41, 5.74) is 0.729. The molecular weight excluding hydrogens is 236 g/mol. The standard InChI is InChI=1S/C7H6O.2ClH.Zn/c8-6-7-4-2-1-3-5-7;;;/h1-6H;2*1H;/q;;;+2/p-2. The average molecular weight is 242 g/mol. The predicted molar refractivity (Wildman–Crippen MR) is 31.8 cm³/mol. The molecule has 0 fully saturated rings. The maximum atomic E-state index is 10.0. The minimum absolute atomic E-state index is 0. The Morgan fingerprint density at radius 1 is 1.00 bits per heavy atom. The van der Waals surface area contributed by atoms with Gasteiger partial charge in [-0.1, -0.05) is 30.3 Å². The summed E-state index contributed by atoms with van der Waals surface area (Å²) in [5.74, 6) is 0. The molecule has 11 heavy (non-hydrogen) atoms. The molecule has 0 heterocycles. The number of hydrogen-bond acceptors (Lipinski definition) is 1. The molecule has 56 valence electrons. The van der Waals surface area contributed by atoms with Crippen molar-refractivity contribution in [3.05, 3.63) is 35.9 Å². The zero-order chi connectivity index (χ0) is 5.82. The van der Waals surface area contributed by atoms with E-state index in [1.165, 1.54) is 0 Å². The SMILES string of the molecule is O=Cc1ccccc1.[Cl-].[Cl-].[Zn+2]. The quantitative estimate of drug-likeness (QED) is 0.358. The molecule has 0 saturated carbocycles. The van der Waals surface area contributed by atoms with Gasteiger partial charge in [0, 0.05) is 5.56 Å². The second kappa shape index (κ2) is 10.1. The van der Waals surface area contributed by atoms with E-state index in [4.69, 9.17) is 0 Å². The van der Waals surface area contributed by atoms with Crippen LogP contribution >= 0.6 is 0 Å². The van der Waals surface area contributed by atoms with Gasteiger partial charge in [0.2, 0.25) is 0 Å². The van der Waals surface area contributed by atoms with Crippen molar-refractivity contribution in [2.45, 2.75) is 0 Å².